The second-order valence-electron chi connectivity index (χ2n) is 4.06. The number of nitrogens with one attached hydrogen (secondary N) is 1. The lowest BCUT2D eigenvalue weighted by Crippen LogP contribution is -2.41. The van der Waals surface area contributed by atoms with Gasteiger partial charge in [-0.1, -0.05) is 17.7 Å². The van der Waals surface area contributed by atoms with Gasteiger partial charge in [-0.2, -0.15) is 0 Å². The summed E-state index contributed by atoms with van der Waals surface area (Å²) in [4.78, 5) is 11.7. The minimum atomic E-state index is -3.06. The van der Waals surface area contributed by atoms with Gasteiger partial charge >= 0.3 is 0 Å². The molecule has 1 rings (SSSR count). The van der Waals surface area contributed by atoms with Gasteiger partial charge in [0.2, 0.25) is 0 Å². The fourth-order valence-electron chi connectivity index (χ4n) is 1.45. The number of benzene rings is 1. The van der Waals surface area contributed by atoms with Crippen molar-refractivity contribution < 1.29 is 13.6 Å². The van der Waals surface area contributed by atoms with E-state index in [1.54, 1.807) is 19.1 Å². The zero-order valence-electron chi connectivity index (χ0n) is 9.89. The number of alkyl halides is 2. The van der Waals surface area contributed by atoms with E-state index in [9.17, 15) is 13.6 Å². The van der Waals surface area contributed by atoms with Crippen molar-refractivity contribution >= 4 is 5.91 Å². The minimum absolute atomic E-state index is 0.406. The lowest BCUT2D eigenvalue weighted by atomic mass is 10.1. The molecule has 0 saturated heterocycles. The van der Waals surface area contributed by atoms with Gasteiger partial charge in [0.05, 0.1) is 13.1 Å². The summed E-state index contributed by atoms with van der Waals surface area (Å²) in [5, 5.41) is 2.18. The summed E-state index contributed by atoms with van der Waals surface area (Å²) in [6.45, 7) is 2.15. The molecule has 1 aromatic carbocycles. The highest BCUT2D eigenvalue weighted by molar-refractivity contribution is 5.95. The summed E-state index contributed by atoms with van der Waals surface area (Å²) in [6, 6.07) is 5.22. The van der Waals surface area contributed by atoms with Crippen LogP contribution in [0.5, 0.6) is 0 Å². The van der Waals surface area contributed by atoms with Crippen molar-refractivity contribution in [2.45, 2.75) is 19.8 Å². The minimum Gasteiger partial charge on any atom is -0.346 e. The number of rotatable bonds is 4. The van der Waals surface area contributed by atoms with E-state index in [0.29, 0.717) is 5.56 Å². The number of hydrogen-bond donors (Lipinski definition) is 2. The van der Waals surface area contributed by atoms with Crippen LogP contribution in [-0.4, -0.2) is 24.9 Å². The zero-order chi connectivity index (χ0) is 13.1. The van der Waals surface area contributed by atoms with Crippen LogP contribution in [0.1, 0.15) is 21.5 Å². The van der Waals surface area contributed by atoms with Gasteiger partial charge in [-0.3, -0.25) is 4.79 Å². The van der Waals surface area contributed by atoms with E-state index in [1.165, 1.54) is 0 Å². The van der Waals surface area contributed by atoms with Crippen molar-refractivity contribution in [1.29, 1.82) is 0 Å². The van der Waals surface area contributed by atoms with Crippen molar-refractivity contribution in [3.8, 4) is 0 Å². The molecule has 5 heteroatoms. The lowest BCUT2D eigenvalue weighted by molar-refractivity contribution is 0.0118. The Balaban J connectivity index is 2.71. The molecule has 1 amide bonds. The van der Waals surface area contributed by atoms with Crippen LogP contribution in [0.25, 0.3) is 0 Å². The first-order valence-electron chi connectivity index (χ1n) is 5.29. The van der Waals surface area contributed by atoms with Crippen molar-refractivity contribution in [1.82, 2.24) is 5.32 Å². The Morgan fingerprint density at radius 1 is 1.41 bits per heavy atom. The Morgan fingerprint density at radius 3 is 2.59 bits per heavy atom. The third-order valence-electron chi connectivity index (χ3n) is 2.43. The molecule has 1 aromatic rings. The maximum absolute atomic E-state index is 12.9. The Morgan fingerprint density at radius 2 is 2.06 bits per heavy atom. The summed E-state index contributed by atoms with van der Waals surface area (Å²) < 4.78 is 25.7. The highest BCUT2D eigenvalue weighted by atomic mass is 19.3. The molecule has 3 nitrogen and oxygen atoms in total. The molecule has 0 spiro atoms. The van der Waals surface area contributed by atoms with E-state index < -0.39 is 24.9 Å². The Hall–Kier alpha value is -1.49. The average Bonchev–Trinajstić information content (AvgIpc) is 2.26. The fourth-order valence-corrected chi connectivity index (χ4v) is 1.45. The second kappa shape index (κ2) is 5.23. The molecule has 0 bridgehead atoms. The molecule has 0 saturated carbocycles. The van der Waals surface area contributed by atoms with Crippen LogP contribution in [0.3, 0.4) is 0 Å². The molecule has 0 aliphatic rings. The number of carbonyl (C=O) groups excluding carboxylic acids is 1. The Labute approximate surface area is 99.0 Å². The predicted octanol–water partition coefficient (Wildman–Crippen LogP) is 1.63. The molecule has 0 aliphatic carbocycles. The number of amides is 1. The maximum Gasteiger partial charge on any atom is 0.277 e. The van der Waals surface area contributed by atoms with Gasteiger partial charge in [0.25, 0.3) is 11.8 Å². The SMILES string of the molecule is Cc1ccc(C(=O)NCC(F)(F)CN)c(C)c1. The molecule has 17 heavy (non-hydrogen) atoms. The van der Waals surface area contributed by atoms with E-state index in [2.05, 4.69) is 5.32 Å². The van der Waals surface area contributed by atoms with Crippen molar-refractivity contribution in [3.63, 3.8) is 0 Å². The zero-order valence-corrected chi connectivity index (χ0v) is 9.89. The predicted molar refractivity (Wildman–Crippen MR) is 62.3 cm³/mol. The quantitative estimate of drug-likeness (QED) is 0.843. The molecule has 0 atom stereocenters. The highest BCUT2D eigenvalue weighted by Gasteiger charge is 2.27. The van der Waals surface area contributed by atoms with E-state index in [4.69, 9.17) is 5.73 Å². The number of halogens is 2. The van der Waals surface area contributed by atoms with E-state index in [-0.39, 0.29) is 0 Å². The van der Waals surface area contributed by atoms with E-state index >= 15 is 0 Å². The van der Waals surface area contributed by atoms with Crippen molar-refractivity contribution in [2.24, 2.45) is 5.73 Å². The molecule has 0 fully saturated rings. The first kappa shape index (κ1) is 13.6. The number of nitrogens with two attached hydrogens (primary N) is 1. The molecule has 94 valence electrons. The molecular weight excluding hydrogens is 226 g/mol. The molecule has 0 aliphatic heterocycles. The molecule has 0 heterocycles. The standard InChI is InChI=1S/C12H16F2N2O/c1-8-3-4-10(9(2)5-8)11(17)16-7-12(13,14)6-15/h3-5H,6-7,15H2,1-2H3,(H,16,17). The summed E-state index contributed by atoms with van der Waals surface area (Å²) in [7, 11) is 0. The summed E-state index contributed by atoms with van der Waals surface area (Å²) in [5.41, 5.74) is 7.07. The van der Waals surface area contributed by atoms with Crippen LogP contribution in [0.4, 0.5) is 8.78 Å². The van der Waals surface area contributed by atoms with Crippen LogP contribution >= 0.6 is 0 Å². The highest BCUT2D eigenvalue weighted by Crippen LogP contribution is 2.12. The third-order valence-corrected chi connectivity index (χ3v) is 2.43. The van der Waals surface area contributed by atoms with Crippen LogP contribution in [0.15, 0.2) is 18.2 Å². The first-order chi connectivity index (χ1) is 7.85. The molecule has 0 unspecified atom stereocenters. The van der Waals surface area contributed by atoms with E-state index in [0.717, 1.165) is 11.1 Å². The van der Waals surface area contributed by atoms with Crippen LogP contribution in [0.2, 0.25) is 0 Å². The maximum atomic E-state index is 12.9. The lowest BCUT2D eigenvalue weighted by Gasteiger charge is -2.15. The Bertz CT molecular complexity index is 419. The summed E-state index contributed by atoms with van der Waals surface area (Å²) in [6.07, 6.45) is 0. The molecular formula is C12H16F2N2O. The molecule has 0 radical (unpaired) electrons. The fraction of sp³-hybridized carbons (Fsp3) is 0.417. The number of aryl methyl sites for hydroxylation is 2. The topological polar surface area (TPSA) is 55.1 Å². The van der Waals surface area contributed by atoms with Gasteiger partial charge in [-0.05, 0) is 25.5 Å². The summed E-state index contributed by atoms with van der Waals surface area (Å²) >= 11 is 0. The number of hydrogen-bond acceptors (Lipinski definition) is 2. The second-order valence-corrected chi connectivity index (χ2v) is 4.06. The number of carbonyl (C=O) groups is 1. The van der Waals surface area contributed by atoms with Gasteiger partial charge < -0.3 is 11.1 Å². The molecule has 3 N–H and O–H groups in total. The normalized spacial score (nSPS) is 11.4. The van der Waals surface area contributed by atoms with Gasteiger partial charge in [0.15, 0.2) is 0 Å². The van der Waals surface area contributed by atoms with Gasteiger partial charge in [0, 0.05) is 5.56 Å². The van der Waals surface area contributed by atoms with E-state index in [1.807, 2.05) is 13.0 Å². The van der Waals surface area contributed by atoms with Crippen LogP contribution < -0.4 is 11.1 Å². The molecule has 0 aromatic heterocycles. The summed E-state index contributed by atoms with van der Waals surface area (Å²) in [5.74, 6) is -3.57. The van der Waals surface area contributed by atoms with Gasteiger partial charge in [-0.15, -0.1) is 0 Å². The monoisotopic (exact) mass is 242 g/mol. The Kier molecular flexibility index (Phi) is 4.17. The van der Waals surface area contributed by atoms with Crippen molar-refractivity contribution in [2.75, 3.05) is 13.1 Å². The largest absolute Gasteiger partial charge is 0.346 e. The van der Waals surface area contributed by atoms with Crippen LogP contribution in [-0.2, 0) is 0 Å². The van der Waals surface area contributed by atoms with Crippen molar-refractivity contribution in [3.05, 3.63) is 34.9 Å². The van der Waals surface area contributed by atoms with Gasteiger partial charge in [0.1, 0.15) is 0 Å². The average molecular weight is 242 g/mol. The van der Waals surface area contributed by atoms with Crippen LogP contribution in [0, 0.1) is 13.8 Å². The third kappa shape index (κ3) is 3.78. The smallest absolute Gasteiger partial charge is 0.277 e. The first-order valence-corrected chi connectivity index (χ1v) is 5.29. The van der Waals surface area contributed by atoms with Gasteiger partial charge in [-0.25, -0.2) is 8.78 Å².